The van der Waals surface area contributed by atoms with Gasteiger partial charge in [0.2, 0.25) is 0 Å². The van der Waals surface area contributed by atoms with Crippen LogP contribution in [0.3, 0.4) is 0 Å². The van der Waals surface area contributed by atoms with Gasteiger partial charge in [-0.2, -0.15) is 0 Å². The first-order valence-corrected chi connectivity index (χ1v) is 11.1. The number of hydrogen-bond donors (Lipinski definition) is 0. The molecule has 1 aliphatic rings. The van der Waals surface area contributed by atoms with Gasteiger partial charge in [-0.3, -0.25) is 9.59 Å². The quantitative estimate of drug-likeness (QED) is 0.346. The number of aryl methyl sites for hydroxylation is 1. The Hall–Kier alpha value is -2.82. The largest absolute Gasteiger partial charge is 0.490 e. The number of esters is 2. The maximum absolute atomic E-state index is 13.1. The van der Waals surface area contributed by atoms with Gasteiger partial charge >= 0.3 is 11.9 Å². The Labute approximate surface area is 191 Å². The molecule has 5 heteroatoms. The second-order valence-corrected chi connectivity index (χ2v) is 10.5. The van der Waals surface area contributed by atoms with E-state index < -0.39 is 5.92 Å². The van der Waals surface area contributed by atoms with Gasteiger partial charge in [-0.25, -0.2) is 0 Å². The van der Waals surface area contributed by atoms with Gasteiger partial charge in [-0.15, -0.1) is 0 Å². The average molecular weight is 439 g/mol. The van der Waals surface area contributed by atoms with Crippen molar-refractivity contribution < 1.29 is 23.8 Å². The molecule has 0 N–H and O–H groups in total. The third-order valence-corrected chi connectivity index (χ3v) is 5.75. The maximum atomic E-state index is 13.1. The van der Waals surface area contributed by atoms with Gasteiger partial charge in [0.15, 0.2) is 0 Å². The second kappa shape index (κ2) is 8.61. The standard InChI is InChI=1S/C27H34O5/c1-16-13-19(31-12-11-30-17(2)28)9-10-20(16)23-21-14-18(26(3,4)5)15-22(27(6,7)8)24(21)32-25(23)29/h9-10,13-15,23H,11-12H2,1-8H3. The molecule has 0 amide bonds. The molecular weight excluding hydrogens is 404 g/mol. The highest BCUT2D eigenvalue weighted by atomic mass is 16.6. The summed E-state index contributed by atoms with van der Waals surface area (Å²) < 4.78 is 16.5. The first-order chi connectivity index (χ1) is 14.8. The molecule has 1 atom stereocenters. The fourth-order valence-electron chi connectivity index (χ4n) is 3.96. The molecule has 2 aromatic carbocycles. The van der Waals surface area contributed by atoms with Gasteiger partial charge in [0.25, 0.3) is 0 Å². The van der Waals surface area contributed by atoms with E-state index in [4.69, 9.17) is 14.2 Å². The van der Waals surface area contributed by atoms with Crippen LogP contribution < -0.4 is 9.47 Å². The Morgan fingerprint density at radius 3 is 2.22 bits per heavy atom. The van der Waals surface area contributed by atoms with E-state index in [0.717, 1.165) is 22.3 Å². The highest BCUT2D eigenvalue weighted by Crippen LogP contribution is 2.47. The first-order valence-electron chi connectivity index (χ1n) is 11.1. The number of fused-ring (bicyclic) bond motifs is 1. The van der Waals surface area contributed by atoms with Crippen molar-refractivity contribution in [2.45, 2.75) is 72.1 Å². The van der Waals surface area contributed by atoms with Crippen molar-refractivity contribution >= 4 is 11.9 Å². The van der Waals surface area contributed by atoms with Crippen LogP contribution in [0.4, 0.5) is 0 Å². The molecule has 1 unspecified atom stereocenters. The van der Waals surface area contributed by atoms with Crippen molar-refractivity contribution in [1.29, 1.82) is 0 Å². The fourth-order valence-corrected chi connectivity index (χ4v) is 3.96. The van der Waals surface area contributed by atoms with Gasteiger partial charge in [-0.1, -0.05) is 59.7 Å². The van der Waals surface area contributed by atoms with Crippen LogP contribution in [0, 0.1) is 6.92 Å². The van der Waals surface area contributed by atoms with E-state index in [0.29, 0.717) is 11.5 Å². The van der Waals surface area contributed by atoms with E-state index in [1.165, 1.54) is 12.5 Å². The number of ether oxygens (including phenoxy) is 3. The molecule has 5 nitrogen and oxygen atoms in total. The molecule has 0 bridgehead atoms. The summed E-state index contributed by atoms with van der Waals surface area (Å²) in [6.45, 7) is 16.8. The zero-order valence-electron chi connectivity index (χ0n) is 20.4. The predicted molar refractivity (Wildman–Crippen MR) is 125 cm³/mol. The Kier molecular flexibility index (Phi) is 6.41. The molecule has 0 aromatic heterocycles. The van der Waals surface area contributed by atoms with Crippen molar-refractivity contribution in [3.63, 3.8) is 0 Å². The number of carbonyl (C=O) groups is 2. The number of rotatable bonds is 5. The Morgan fingerprint density at radius 2 is 1.66 bits per heavy atom. The lowest BCUT2D eigenvalue weighted by Gasteiger charge is -2.27. The van der Waals surface area contributed by atoms with E-state index in [2.05, 4.69) is 53.7 Å². The highest BCUT2D eigenvalue weighted by molar-refractivity contribution is 5.91. The van der Waals surface area contributed by atoms with E-state index in [1.54, 1.807) is 0 Å². The third kappa shape index (κ3) is 4.98. The molecule has 0 fully saturated rings. The number of carbonyl (C=O) groups excluding carboxylic acids is 2. The lowest BCUT2D eigenvalue weighted by atomic mass is 9.77. The van der Waals surface area contributed by atoms with Crippen molar-refractivity contribution in [3.05, 3.63) is 58.1 Å². The van der Waals surface area contributed by atoms with Crippen LogP contribution >= 0.6 is 0 Å². The number of hydrogen-bond acceptors (Lipinski definition) is 5. The van der Waals surface area contributed by atoms with E-state index in [-0.39, 0.29) is 36.0 Å². The van der Waals surface area contributed by atoms with E-state index >= 15 is 0 Å². The van der Waals surface area contributed by atoms with Gasteiger partial charge < -0.3 is 14.2 Å². The van der Waals surface area contributed by atoms with Crippen molar-refractivity contribution in [2.75, 3.05) is 13.2 Å². The second-order valence-electron chi connectivity index (χ2n) is 10.5. The van der Waals surface area contributed by atoms with Crippen LogP contribution in [0.15, 0.2) is 30.3 Å². The topological polar surface area (TPSA) is 61.8 Å². The molecule has 2 aromatic rings. The Balaban J connectivity index is 1.99. The minimum Gasteiger partial charge on any atom is -0.490 e. The van der Waals surface area contributed by atoms with E-state index in [1.807, 2.05) is 25.1 Å². The average Bonchev–Trinajstić information content (AvgIpc) is 2.98. The molecule has 0 spiro atoms. The third-order valence-electron chi connectivity index (χ3n) is 5.75. The lowest BCUT2D eigenvalue weighted by molar-refractivity contribution is -0.141. The summed E-state index contributed by atoms with van der Waals surface area (Å²) in [6.07, 6.45) is 0. The molecule has 0 saturated carbocycles. The van der Waals surface area contributed by atoms with Crippen molar-refractivity contribution in [1.82, 2.24) is 0 Å². The van der Waals surface area contributed by atoms with Crippen LogP contribution in [-0.2, 0) is 25.2 Å². The highest BCUT2D eigenvalue weighted by Gasteiger charge is 2.40. The van der Waals surface area contributed by atoms with Crippen LogP contribution in [0.1, 0.15) is 82.2 Å². The molecule has 1 aliphatic heterocycles. The molecule has 0 radical (unpaired) electrons. The normalized spacial score (nSPS) is 15.9. The fraction of sp³-hybridized carbons (Fsp3) is 0.481. The van der Waals surface area contributed by atoms with Gasteiger partial charge in [0, 0.05) is 18.1 Å². The maximum Gasteiger partial charge on any atom is 0.323 e. The minimum absolute atomic E-state index is 0.0557. The summed E-state index contributed by atoms with van der Waals surface area (Å²) in [5.41, 5.74) is 4.82. The smallest absolute Gasteiger partial charge is 0.323 e. The summed E-state index contributed by atoms with van der Waals surface area (Å²) >= 11 is 0. The molecule has 32 heavy (non-hydrogen) atoms. The van der Waals surface area contributed by atoms with Crippen LogP contribution in [0.2, 0.25) is 0 Å². The molecule has 1 heterocycles. The molecule has 0 saturated heterocycles. The Bertz CT molecular complexity index is 1040. The van der Waals surface area contributed by atoms with Gasteiger partial charge in [-0.05, 0) is 46.6 Å². The zero-order valence-corrected chi connectivity index (χ0v) is 20.4. The lowest BCUT2D eigenvalue weighted by Crippen LogP contribution is -2.17. The predicted octanol–water partition coefficient (Wildman–Crippen LogP) is 5.58. The van der Waals surface area contributed by atoms with Gasteiger partial charge in [0.05, 0.1) is 0 Å². The molecule has 172 valence electrons. The van der Waals surface area contributed by atoms with Crippen molar-refractivity contribution in [2.24, 2.45) is 0 Å². The van der Waals surface area contributed by atoms with Gasteiger partial charge in [0.1, 0.15) is 30.6 Å². The SMILES string of the molecule is CC(=O)OCCOc1ccc(C2C(=O)Oc3c2cc(C(C)(C)C)cc3C(C)(C)C)c(C)c1. The van der Waals surface area contributed by atoms with Crippen LogP contribution in [0.5, 0.6) is 11.5 Å². The van der Waals surface area contributed by atoms with E-state index in [9.17, 15) is 9.59 Å². The summed E-state index contributed by atoms with van der Waals surface area (Å²) in [6, 6.07) is 9.99. The molecular formula is C27H34O5. The Morgan fingerprint density at radius 1 is 0.969 bits per heavy atom. The zero-order chi connectivity index (χ0) is 23.8. The first kappa shape index (κ1) is 23.8. The van der Waals surface area contributed by atoms with Crippen molar-refractivity contribution in [3.8, 4) is 11.5 Å². The number of benzene rings is 2. The summed E-state index contributed by atoms with van der Waals surface area (Å²) in [4.78, 5) is 24.0. The monoisotopic (exact) mass is 438 g/mol. The summed E-state index contributed by atoms with van der Waals surface area (Å²) in [5, 5.41) is 0. The van der Waals surface area contributed by atoms with Crippen LogP contribution in [-0.4, -0.2) is 25.2 Å². The van der Waals surface area contributed by atoms with Crippen LogP contribution in [0.25, 0.3) is 0 Å². The summed E-state index contributed by atoms with van der Waals surface area (Å²) in [7, 11) is 0. The summed E-state index contributed by atoms with van der Waals surface area (Å²) in [5.74, 6) is 0.319. The molecule has 0 aliphatic carbocycles. The minimum atomic E-state index is -0.469. The molecule has 3 rings (SSSR count).